The van der Waals surface area contributed by atoms with Crippen LogP contribution in [-0.2, 0) is 16.0 Å². The molecule has 7 heteroatoms. The van der Waals surface area contributed by atoms with Gasteiger partial charge in [0.25, 0.3) is 0 Å². The van der Waals surface area contributed by atoms with Crippen LogP contribution in [-0.4, -0.2) is 34.7 Å². The van der Waals surface area contributed by atoms with Crippen LogP contribution in [0.1, 0.15) is 36.3 Å². The number of aliphatic hydroxyl groups is 1. The Morgan fingerprint density at radius 3 is 2.77 bits per heavy atom. The molecule has 1 aliphatic rings. The van der Waals surface area contributed by atoms with E-state index in [4.69, 9.17) is 5.11 Å². The normalized spacial score (nSPS) is 17.8. The maximum absolute atomic E-state index is 12.3. The Morgan fingerprint density at radius 2 is 2.14 bits per heavy atom. The van der Waals surface area contributed by atoms with E-state index in [1.807, 2.05) is 0 Å². The van der Waals surface area contributed by atoms with Gasteiger partial charge in [-0.15, -0.1) is 0 Å². The molecule has 114 valence electrons. The second-order valence-corrected chi connectivity index (χ2v) is 5.18. The van der Waals surface area contributed by atoms with Crippen LogP contribution >= 0.6 is 0 Å². The van der Waals surface area contributed by atoms with E-state index in [0.717, 1.165) is 17.5 Å². The summed E-state index contributed by atoms with van der Waals surface area (Å²) in [6.45, 7) is -0.346. The number of hydrogen-bond acceptors (Lipinski definition) is 5. The Hall–Kier alpha value is -0.444. The van der Waals surface area contributed by atoms with Crippen molar-refractivity contribution in [2.24, 2.45) is 0 Å². The van der Waals surface area contributed by atoms with Gasteiger partial charge in [-0.05, 0) is 42.9 Å². The third-order valence-corrected chi connectivity index (χ3v) is 3.82. The second-order valence-electron chi connectivity index (χ2n) is 5.18. The summed E-state index contributed by atoms with van der Waals surface area (Å²) in [4.78, 5) is 23.2. The summed E-state index contributed by atoms with van der Waals surface area (Å²) in [5, 5.41) is 32.0. The van der Waals surface area contributed by atoms with Crippen molar-refractivity contribution in [3.8, 4) is 5.75 Å². The average Bonchev–Trinajstić information content (AvgIpc) is 2.46. The van der Waals surface area contributed by atoms with Gasteiger partial charge in [-0.1, -0.05) is 12.1 Å². The van der Waals surface area contributed by atoms with Gasteiger partial charge in [0.05, 0.1) is 17.9 Å². The second kappa shape index (κ2) is 9.00. The van der Waals surface area contributed by atoms with Crippen LogP contribution < -0.4 is 61.8 Å². The SMILES string of the molecule is O=C(N[C@@H](CCO)C(=O)[O-])C1CCCc2c(O)cccc21.[K+]. The van der Waals surface area contributed by atoms with Crippen molar-refractivity contribution < 1.29 is 76.3 Å². The van der Waals surface area contributed by atoms with Crippen LogP contribution in [0.15, 0.2) is 18.2 Å². The molecule has 2 rings (SSSR count). The number of nitrogens with one attached hydrogen (secondary N) is 1. The minimum absolute atomic E-state index is 0. The van der Waals surface area contributed by atoms with Crippen molar-refractivity contribution in [3.05, 3.63) is 29.3 Å². The van der Waals surface area contributed by atoms with E-state index in [-0.39, 0.29) is 70.2 Å². The van der Waals surface area contributed by atoms with Gasteiger partial charge in [0, 0.05) is 6.61 Å². The summed E-state index contributed by atoms with van der Waals surface area (Å²) < 4.78 is 0. The number of fused-ring (bicyclic) bond motifs is 1. The Labute approximate surface area is 171 Å². The van der Waals surface area contributed by atoms with Crippen LogP contribution in [0.25, 0.3) is 0 Å². The molecule has 1 unspecified atom stereocenters. The summed E-state index contributed by atoms with van der Waals surface area (Å²) in [5.41, 5.74) is 1.48. The average molecular weight is 331 g/mol. The van der Waals surface area contributed by atoms with Crippen molar-refractivity contribution in [3.63, 3.8) is 0 Å². The van der Waals surface area contributed by atoms with Crippen molar-refractivity contribution in [1.82, 2.24) is 5.32 Å². The number of benzene rings is 1. The minimum Gasteiger partial charge on any atom is -0.548 e. The molecule has 3 N–H and O–H groups in total. The number of phenols is 1. The molecule has 1 aromatic rings. The van der Waals surface area contributed by atoms with Crippen LogP contribution in [0, 0.1) is 0 Å². The quantitative estimate of drug-likeness (QED) is 0.484. The van der Waals surface area contributed by atoms with E-state index in [1.165, 1.54) is 0 Å². The van der Waals surface area contributed by atoms with E-state index >= 15 is 0 Å². The molecule has 0 saturated heterocycles. The van der Waals surface area contributed by atoms with Crippen LogP contribution in [0.4, 0.5) is 0 Å². The molecule has 0 spiro atoms. The fourth-order valence-corrected chi connectivity index (χ4v) is 2.75. The molecule has 2 atom stereocenters. The fraction of sp³-hybridized carbons (Fsp3) is 0.467. The fourth-order valence-electron chi connectivity index (χ4n) is 2.75. The van der Waals surface area contributed by atoms with Crippen molar-refractivity contribution in [1.29, 1.82) is 0 Å². The van der Waals surface area contributed by atoms with Crippen LogP contribution in [0.3, 0.4) is 0 Å². The zero-order valence-corrected chi connectivity index (χ0v) is 15.7. The van der Waals surface area contributed by atoms with Gasteiger partial charge in [-0.3, -0.25) is 4.79 Å². The van der Waals surface area contributed by atoms with E-state index in [1.54, 1.807) is 18.2 Å². The number of carboxylic acid groups (broad SMARTS) is 1. The molecule has 1 aromatic carbocycles. The molecule has 0 aromatic heterocycles. The zero-order chi connectivity index (χ0) is 15.4. The van der Waals surface area contributed by atoms with Gasteiger partial charge in [0.1, 0.15) is 5.75 Å². The minimum atomic E-state index is -1.41. The number of carbonyl (C=O) groups excluding carboxylic acids is 2. The Kier molecular flexibility index (Phi) is 8.02. The van der Waals surface area contributed by atoms with E-state index in [0.29, 0.717) is 12.8 Å². The van der Waals surface area contributed by atoms with Gasteiger partial charge in [0.15, 0.2) is 0 Å². The molecule has 0 bridgehead atoms. The first-order valence-electron chi connectivity index (χ1n) is 6.97. The molecule has 1 aliphatic carbocycles. The summed E-state index contributed by atoms with van der Waals surface area (Å²) >= 11 is 0. The summed E-state index contributed by atoms with van der Waals surface area (Å²) in [5.74, 6) is -2.15. The standard InChI is InChI=1S/C15H19NO5.K/c17-8-7-12(15(20)21)16-14(19)11-5-1-4-10-9(11)3-2-6-13(10)18;/h2-3,6,11-12,17-18H,1,4-5,7-8H2,(H,16,19)(H,20,21);/q;+1/p-1/t11?,12-;/m0./s1. The first kappa shape index (κ1) is 19.6. The van der Waals surface area contributed by atoms with E-state index in [9.17, 15) is 19.8 Å². The van der Waals surface area contributed by atoms with E-state index in [2.05, 4.69) is 5.32 Å². The molecule has 0 fully saturated rings. The first-order valence-corrected chi connectivity index (χ1v) is 6.97. The maximum Gasteiger partial charge on any atom is 1.00 e. The molecule has 22 heavy (non-hydrogen) atoms. The zero-order valence-electron chi connectivity index (χ0n) is 12.5. The third-order valence-electron chi connectivity index (χ3n) is 3.82. The number of aliphatic hydroxyl groups excluding tert-OH is 1. The van der Waals surface area contributed by atoms with Gasteiger partial charge in [0.2, 0.25) is 5.91 Å². The summed E-state index contributed by atoms with van der Waals surface area (Å²) in [6.07, 6.45) is 1.96. The molecule has 0 aliphatic heterocycles. The van der Waals surface area contributed by atoms with E-state index < -0.39 is 23.8 Å². The van der Waals surface area contributed by atoms with Crippen molar-refractivity contribution in [2.45, 2.75) is 37.6 Å². The molecule has 6 nitrogen and oxygen atoms in total. The number of hydrogen-bond donors (Lipinski definition) is 3. The number of aliphatic carboxylic acids is 1. The molecule has 0 heterocycles. The number of aromatic hydroxyl groups is 1. The first-order chi connectivity index (χ1) is 10.0. The third kappa shape index (κ3) is 4.53. The van der Waals surface area contributed by atoms with Crippen molar-refractivity contribution in [2.75, 3.05) is 6.61 Å². The predicted octanol–water partition coefficient (Wildman–Crippen LogP) is -3.57. The Balaban J connectivity index is 0.00000242. The largest absolute Gasteiger partial charge is 1.00 e. The molecule has 0 radical (unpaired) electrons. The molecular formula is C15H18KNO5. The molecule has 1 amide bonds. The molecule has 0 saturated carbocycles. The number of phenolic OH excluding ortho intramolecular Hbond substituents is 1. The number of rotatable bonds is 5. The van der Waals surface area contributed by atoms with Gasteiger partial charge in [-0.25, -0.2) is 0 Å². The monoisotopic (exact) mass is 331 g/mol. The number of carboxylic acids is 1. The number of carbonyl (C=O) groups is 2. The van der Waals surface area contributed by atoms with Crippen molar-refractivity contribution >= 4 is 11.9 Å². The Morgan fingerprint density at radius 1 is 1.41 bits per heavy atom. The predicted molar refractivity (Wildman–Crippen MR) is 72.4 cm³/mol. The molecular weight excluding hydrogens is 313 g/mol. The van der Waals surface area contributed by atoms with Gasteiger partial charge >= 0.3 is 51.4 Å². The Bertz CT molecular complexity index is 549. The summed E-state index contributed by atoms with van der Waals surface area (Å²) in [7, 11) is 0. The van der Waals surface area contributed by atoms with Crippen LogP contribution in [0.5, 0.6) is 5.75 Å². The van der Waals surface area contributed by atoms with Gasteiger partial charge in [-0.2, -0.15) is 0 Å². The smallest absolute Gasteiger partial charge is 0.548 e. The van der Waals surface area contributed by atoms with Crippen LogP contribution in [0.2, 0.25) is 0 Å². The summed E-state index contributed by atoms with van der Waals surface area (Å²) in [6, 6.07) is 3.82. The maximum atomic E-state index is 12.3. The number of amides is 1. The topological polar surface area (TPSA) is 110 Å². The van der Waals surface area contributed by atoms with Gasteiger partial charge < -0.3 is 25.4 Å².